The van der Waals surface area contributed by atoms with Crippen molar-refractivity contribution in [1.82, 2.24) is 9.97 Å². The topological polar surface area (TPSA) is 156 Å². The minimum atomic E-state index is -4.78. The zero-order valence-corrected chi connectivity index (χ0v) is 20.1. The molecule has 34 heavy (non-hydrogen) atoms. The van der Waals surface area contributed by atoms with Gasteiger partial charge in [-0.05, 0) is 48.5 Å². The van der Waals surface area contributed by atoms with E-state index in [9.17, 15) is 26.4 Å². The largest absolute Gasteiger partial charge is 0.326 e. The van der Waals surface area contributed by atoms with Gasteiger partial charge >= 0.3 is 0 Å². The van der Waals surface area contributed by atoms with E-state index >= 15 is 0 Å². The molecule has 0 aliphatic carbocycles. The molecule has 0 unspecified atom stereocenters. The van der Waals surface area contributed by atoms with Crippen LogP contribution >= 0.6 is 11.6 Å². The molecule has 3 rings (SSSR count). The van der Waals surface area contributed by atoms with Gasteiger partial charge in [-0.3, -0.25) is 9.59 Å². The molecule has 0 fully saturated rings. The third-order valence-corrected chi connectivity index (χ3v) is 8.59. The summed E-state index contributed by atoms with van der Waals surface area (Å²) in [7, 11) is -9.56. The number of anilines is 3. The fraction of sp³-hybridized carbons (Fsp3) is 0.100. The molecule has 1 heterocycles. The Kier molecular flexibility index (Phi) is 7.19. The Morgan fingerprint density at radius 1 is 0.735 bits per heavy atom. The molecule has 178 valence electrons. The summed E-state index contributed by atoms with van der Waals surface area (Å²) in [5.74, 6) is -1.36. The first-order valence-corrected chi connectivity index (χ1v) is 12.7. The highest BCUT2D eigenvalue weighted by atomic mass is 35.5. The second-order valence-corrected chi connectivity index (χ2v) is 11.0. The van der Waals surface area contributed by atoms with E-state index in [1.54, 1.807) is 0 Å². The fourth-order valence-electron chi connectivity index (χ4n) is 2.81. The van der Waals surface area contributed by atoms with Gasteiger partial charge in [0.15, 0.2) is 11.0 Å². The van der Waals surface area contributed by atoms with E-state index < -0.39 is 40.8 Å². The molecule has 1 aromatic heterocycles. The van der Waals surface area contributed by atoms with Gasteiger partial charge in [0.25, 0.3) is 20.0 Å². The number of sulfonamides is 2. The molecular weight excluding hydrogens is 506 g/mol. The van der Waals surface area contributed by atoms with Crippen molar-refractivity contribution < 1.29 is 26.4 Å². The Balaban J connectivity index is 2.15. The van der Waals surface area contributed by atoms with Crippen molar-refractivity contribution in [3.63, 3.8) is 0 Å². The van der Waals surface area contributed by atoms with Crippen molar-refractivity contribution in [2.45, 2.75) is 23.6 Å². The average Bonchev–Trinajstić information content (AvgIpc) is 2.75. The van der Waals surface area contributed by atoms with E-state index in [2.05, 4.69) is 20.6 Å². The van der Waals surface area contributed by atoms with Gasteiger partial charge in [-0.1, -0.05) is 11.6 Å². The molecule has 0 spiro atoms. The summed E-state index contributed by atoms with van der Waals surface area (Å²) in [5, 5.41) is 4.52. The van der Waals surface area contributed by atoms with Crippen LogP contribution in [0.1, 0.15) is 13.8 Å². The van der Waals surface area contributed by atoms with E-state index in [1.807, 2.05) is 0 Å². The minimum absolute atomic E-state index is 0.0934. The SMILES string of the molecule is CC(=O)Nc1ccc(S(=O)(=O)N(c2nccnc2Cl)S(=O)(=O)c2ccc(NC(C)=O)cc2)cc1. The van der Waals surface area contributed by atoms with Crippen molar-refractivity contribution in [3.05, 3.63) is 66.1 Å². The zero-order valence-electron chi connectivity index (χ0n) is 17.8. The molecule has 11 nitrogen and oxygen atoms in total. The average molecular weight is 524 g/mol. The molecule has 0 saturated carbocycles. The highest BCUT2D eigenvalue weighted by molar-refractivity contribution is 8.10. The number of amides is 2. The quantitative estimate of drug-likeness (QED) is 0.478. The van der Waals surface area contributed by atoms with E-state index in [0.717, 1.165) is 30.5 Å². The molecule has 0 bridgehead atoms. The van der Waals surface area contributed by atoms with Crippen LogP contribution in [0.4, 0.5) is 17.2 Å². The first-order chi connectivity index (χ1) is 15.9. The molecule has 0 radical (unpaired) electrons. The van der Waals surface area contributed by atoms with Gasteiger partial charge < -0.3 is 10.6 Å². The number of aromatic nitrogens is 2. The maximum absolute atomic E-state index is 13.5. The Morgan fingerprint density at radius 3 is 1.47 bits per heavy atom. The van der Waals surface area contributed by atoms with Crippen LogP contribution < -0.4 is 14.3 Å². The molecule has 2 aromatic carbocycles. The summed E-state index contributed by atoms with van der Waals surface area (Å²) in [4.78, 5) is 29.2. The van der Waals surface area contributed by atoms with Crippen molar-refractivity contribution in [3.8, 4) is 0 Å². The van der Waals surface area contributed by atoms with Crippen LogP contribution in [0.3, 0.4) is 0 Å². The van der Waals surface area contributed by atoms with Gasteiger partial charge in [-0.15, -0.1) is 3.71 Å². The lowest BCUT2D eigenvalue weighted by molar-refractivity contribution is -0.115. The number of carbonyl (C=O) groups is 2. The van der Waals surface area contributed by atoms with Crippen LogP contribution in [0, 0.1) is 0 Å². The summed E-state index contributed by atoms with van der Waals surface area (Å²) >= 11 is 6.03. The summed E-state index contributed by atoms with van der Waals surface area (Å²) < 4.78 is 54.2. The van der Waals surface area contributed by atoms with E-state index in [-0.39, 0.29) is 15.5 Å². The number of benzene rings is 2. The fourth-order valence-corrected chi connectivity index (χ4v) is 6.72. The van der Waals surface area contributed by atoms with Crippen molar-refractivity contribution in [2.75, 3.05) is 14.3 Å². The lowest BCUT2D eigenvalue weighted by Crippen LogP contribution is -2.38. The first-order valence-electron chi connectivity index (χ1n) is 9.45. The van der Waals surface area contributed by atoms with Gasteiger partial charge in [0.1, 0.15) is 0 Å². The first kappa shape index (κ1) is 25.1. The molecule has 0 aliphatic rings. The lowest BCUT2D eigenvalue weighted by Gasteiger charge is -2.23. The second kappa shape index (κ2) is 9.75. The standard InChI is InChI=1S/C20H18ClN5O6S2/c1-13(27)24-15-3-7-17(8-4-15)33(29,30)26(20-19(21)22-11-12-23-20)34(31,32)18-9-5-16(6-10-18)25-14(2)28/h3-12H,1-2H3,(H,24,27)(H,25,28). The summed E-state index contributed by atoms with van der Waals surface area (Å²) in [6, 6.07) is 9.75. The minimum Gasteiger partial charge on any atom is -0.326 e. The third-order valence-electron chi connectivity index (χ3n) is 4.19. The molecule has 2 amide bonds. The van der Waals surface area contributed by atoms with Crippen molar-refractivity contribution in [1.29, 1.82) is 0 Å². The summed E-state index contributed by atoms with van der Waals surface area (Å²) in [6.07, 6.45) is 2.27. The smallest absolute Gasteiger partial charge is 0.279 e. The van der Waals surface area contributed by atoms with Crippen LogP contribution in [0.15, 0.2) is 70.7 Å². The third kappa shape index (κ3) is 5.32. The van der Waals surface area contributed by atoms with Crippen LogP contribution in [-0.2, 0) is 29.6 Å². The van der Waals surface area contributed by atoms with Crippen molar-refractivity contribution in [2.24, 2.45) is 0 Å². The van der Waals surface area contributed by atoms with Crippen LogP contribution in [0.2, 0.25) is 5.15 Å². The molecule has 0 saturated heterocycles. The number of halogens is 1. The normalized spacial score (nSPS) is 11.5. The Labute approximate surface area is 200 Å². The number of rotatable bonds is 7. The van der Waals surface area contributed by atoms with E-state index in [0.29, 0.717) is 11.4 Å². The van der Waals surface area contributed by atoms with Gasteiger partial charge in [0.05, 0.1) is 9.79 Å². The van der Waals surface area contributed by atoms with Crippen LogP contribution in [0.5, 0.6) is 0 Å². The molecule has 14 heteroatoms. The summed E-state index contributed by atoms with van der Waals surface area (Å²) in [5.41, 5.74) is 0.624. The maximum atomic E-state index is 13.5. The molecular formula is C20H18ClN5O6S2. The second-order valence-electron chi connectivity index (χ2n) is 6.79. The molecule has 0 aliphatic heterocycles. The molecule has 2 N–H and O–H groups in total. The van der Waals surface area contributed by atoms with Gasteiger partial charge in [0.2, 0.25) is 11.8 Å². The Bertz CT molecular complexity index is 1350. The predicted octanol–water partition coefficient (Wildman–Crippen LogP) is 2.63. The lowest BCUT2D eigenvalue weighted by atomic mass is 10.3. The number of hydrogen-bond donors (Lipinski definition) is 2. The Morgan fingerprint density at radius 2 is 1.12 bits per heavy atom. The van der Waals surface area contributed by atoms with Gasteiger partial charge in [-0.2, -0.15) is 16.8 Å². The van der Waals surface area contributed by atoms with Crippen LogP contribution in [-0.4, -0.2) is 38.6 Å². The number of carbonyl (C=O) groups excluding carboxylic acids is 2. The highest BCUT2D eigenvalue weighted by Crippen LogP contribution is 2.33. The zero-order chi connectivity index (χ0) is 25.1. The maximum Gasteiger partial charge on any atom is 0.279 e. The van der Waals surface area contributed by atoms with Gasteiger partial charge in [0, 0.05) is 37.6 Å². The van der Waals surface area contributed by atoms with E-state index in [1.165, 1.54) is 44.3 Å². The highest BCUT2D eigenvalue weighted by Gasteiger charge is 2.39. The van der Waals surface area contributed by atoms with Gasteiger partial charge in [-0.25, -0.2) is 9.97 Å². The van der Waals surface area contributed by atoms with E-state index in [4.69, 9.17) is 11.6 Å². The number of nitrogens with zero attached hydrogens (tertiary/aromatic N) is 3. The number of nitrogens with one attached hydrogen (secondary N) is 2. The van der Waals surface area contributed by atoms with Crippen molar-refractivity contribution >= 4 is 60.7 Å². The monoisotopic (exact) mass is 523 g/mol. The molecule has 3 aromatic rings. The summed E-state index contributed by atoms with van der Waals surface area (Å²) in [6.45, 7) is 2.57. The number of hydrogen-bond acceptors (Lipinski definition) is 8. The predicted molar refractivity (Wildman–Crippen MR) is 125 cm³/mol. The Hall–Kier alpha value is -3.55. The van der Waals surface area contributed by atoms with Crippen LogP contribution in [0.25, 0.3) is 0 Å². The molecule has 0 atom stereocenters.